The molecule has 0 atom stereocenters. The van der Waals surface area contributed by atoms with Crippen molar-refractivity contribution >= 4 is 5.91 Å². The van der Waals surface area contributed by atoms with Crippen molar-refractivity contribution in [1.82, 2.24) is 10.3 Å². The fourth-order valence-corrected chi connectivity index (χ4v) is 2.40. The van der Waals surface area contributed by atoms with Crippen molar-refractivity contribution in [2.45, 2.75) is 31.7 Å². The Labute approximate surface area is 147 Å². The third kappa shape index (κ3) is 5.09. The molecule has 1 saturated heterocycles. The number of hydrogen-bond acceptors (Lipinski definition) is 5. The second kappa shape index (κ2) is 8.37. The van der Waals surface area contributed by atoms with E-state index in [9.17, 15) is 22.4 Å². The molecule has 10 heteroatoms. The second-order valence-corrected chi connectivity index (χ2v) is 5.87. The standard InChI is InChI=1S/C16H20F4N4O2/c17-14-5-11(16(18,19)20)2-1-10(14)9-26-13-7-24(8-13)15(25)4-3-12(6-21)23-22/h1-2,5-6,13,23H,3-4,7-9,21-22H2/b12-6-. The minimum atomic E-state index is -4.59. The molecule has 1 aromatic rings. The Hall–Kier alpha value is -2.33. The summed E-state index contributed by atoms with van der Waals surface area (Å²) in [6, 6.07) is 2.32. The Balaban J connectivity index is 1.75. The summed E-state index contributed by atoms with van der Waals surface area (Å²) in [5, 5.41) is 0. The number of allylic oxidation sites excluding steroid dienone is 1. The van der Waals surface area contributed by atoms with Gasteiger partial charge in [-0.3, -0.25) is 10.6 Å². The molecule has 1 aliphatic heterocycles. The Morgan fingerprint density at radius 1 is 1.35 bits per heavy atom. The van der Waals surface area contributed by atoms with Gasteiger partial charge in [0.25, 0.3) is 0 Å². The van der Waals surface area contributed by atoms with Crippen LogP contribution in [0.1, 0.15) is 24.0 Å². The smallest absolute Gasteiger partial charge is 0.403 e. The molecule has 0 unspecified atom stereocenters. The van der Waals surface area contributed by atoms with Crippen LogP contribution in [0, 0.1) is 5.82 Å². The van der Waals surface area contributed by atoms with Crippen molar-refractivity contribution in [3.8, 4) is 0 Å². The number of hydrogen-bond donors (Lipinski definition) is 3. The summed E-state index contributed by atoms with van der Waals surface area (Å²) in [5.74, 6) is 4.15. The quantitative estimate of drug-likeness (QED) is 0.382. The van der Waals surface area contributed by atoms with Crippen molar-refractivity contribution < 1.29 is 27.1 Å². The van der Waals surface area contributed by atoms with Crippen molar-refractivity contribution in [3.05, 3.63) is 47.0 Å². The Bertz CT molecular complexity index is 673. The number of nitrogens with one attached hydrogen (secondary N) is 1. The van der Waals surface area contributed by atoms with E-state index in [0.29, 0.717) is 31.3 Å². The lowest BCUT2D eigenvalue weighted by Crippen LogP contribution is -2.54. The number of hydrazine groups is 1. The first-order valence-corrected chi connectivity index (χ1v) is 7.87. The van der Waals surface area contributed by atoms with Gasteiger partial charge < -0.3 is 20.8 Å². The van der Waals surface area contributed by atoms with Gasteiger partial charge >= 0.3 is 6.18 Å². The van der Waals surface area contributed by atoms with Crippen LogP contribution in [0.3, 0.4) is 0 Å². The number of nitrogens with two attached hydrogens (primary N) is 2. The second-order valence-electron chi connectivity index (χ2n) is 5.87. The number of carbonyl (C=O) groups excluding carboxylic acids is 1. The Morgan fingerprint density at radius 2 is 2.04 bits per heavy atom. The van der Waals surface area contributed by atoms with Gasteiger partial charge in [0.1, 0.15) is 5.82 Å². The predicted molar refractivity (Wildman–Crippen MR) is 85.4 cm³/mol. The number of ether oxygens (including phenoxy) is 1. The van der Waals surface area contributed by atoms with Crippen LogP contribution in [0.5, 0.6) is 0 Å². The minimum absolute atomic E-state index is 0.0366. The zero-order valence-electron chi connectivity index (χ0n) is 13.9. The first-order chi connectivity index (χ1) is 12.2. The predicted octanol–water partition coefficient (Wildman–Crippen LogP) is 1.62. The maximum Gasteiger partial charge on any atom is 0.416 e. The van der Waals surface area contributed by atoms with Crippen LogP contribution in [-0.2, 0) is 22.3 Å². The molecule has 144 valence electrons. The van der Waals surface area contributed by atoms with Gasteiger partial charge in [-0.2, -0.15) is 13.2 Å². The SMILES string of the molecule is N/C=C(/CCC(=O)N1CC(OCc2ccc(C(F)(F)F)cc2F)C1)NN. The largest absolute Gasteiger partial charge is 0.416 e. The van der Waals surface area contributed by atoms with Gasteiger partial charge in [0, 0.05) is 37.0 Å². The van der Waals surface area contributed by atoms with Crippen LogP contribution in [0.25, 0.3) is 0 Å². The maximum atomic E-state index is 13.7. The molecule has 1 heterocycles. The normalized spacial score (nSPS) is 15.7. The molecule has 0 aromatic heterocycles. The van der Waals surface area contributed by atoms with Gasteiger partial charge in [-0.1, -0.05) is 6.07 Å². The average molecular weight is 376 g/mol. The summed E-state index contributed by atoms with van der Waals surface area (Å²) in [6.07, 6.45) is -2.97. The van der Waals surface area contributed by atoms with E-state index in [2.05, 4.69) is 5.43 Å². The van der Waals surface area contributed by atoms with Gasteiger partial charge in [-0.15, -0.1) is 0 Å². The summed E-state index contributed by atoms with van der Waals surface area (Å²) in [4.78, 5) is 13.5. The third-order valence-corrected chi connectivity index (χ3v) is 4.05. The first kappa shape index (κ1) is 20.0. The van der Waals surface area contributed by atoms with Crippen LogP contribution < -0.4 is 17.0 Å². The van der Waals surface area contributed by atoms with Crippen molar-refractivity contribution in [1.29, 1.82) is 0 Å². The number of halogens is 4. The lowest BCUT2D eigenvalue weighted by molar-refractivity contribution is -0.145. The molecular weight excluding hydrogens is 356 g/mol. The Morgan fingerprint density at radius 3 is 2.58 bits per heavy atom. The van der Waals surface area contributed by atoms with Crippen LogP contribution in [-0.4, -0.2) is 30.0 Å². The lowest BCUT2D eigenvalue weighted by Gasteiger charge is -2.39. The number of benzene rings is 1. The maximum absolute atomic E-state index is 13.7. The van der Waals surface area contributed by atoms with E-state index in [4.69, 9.17) is 16.3 Å². The summed E-state index contributed by atoms with van der Waals surface area (Å²) in [7, 11) is 0. The number of carbonyl (C=O) groups is 1. The van der Waals surface area contributed by atoms with Gasteiger partial charge in [-0.25, -0.2) is 4.39 Å². The Kier molecular flexibility index (Phi) is 6.43. The van der Waals surface area contributed by atoms with Crippen LogP contribution >= 0.6 is 0 Å². The topological polar surface area (TPSA) is 93.6 Å². The number of rotatable bonds is 7. The molecule has 26 heavy (non-hydrogen) atoms. The van der Waals surface area contributed by atoms with Crippen LogP contribution in [0.15, 0.2) is 30.1 Å². The highest BCUT2D eigenvalue weighted by Crippen LogP contribution is 2.30. The van der Waals surface area contributed by atoms with Crippen molar-refractivity contribution in [3.63, 3.8) is 0 Å². The highest BCUT2D eigenvalue weighted by atomic mass is 19.4. The average Bonchev–Trinajstić information content (AvgIpc) is 2.54. The molecule has 0 bridgehead atoms. The highest BCUT2D eigenvalue weighted by Gasteiger charge is 2.32. The minimum Gasteiger partial charge on any atom is -0.403 e. The number of likely N-dealkylation sites (tertiary alicyclic amines) is 1. The van der Waals surface area contributed by atoms with Crippen molar-refractivity contribution in [2.75, 3.05) is 13.1 Å². The van der Waals surface area contributed by atoms with E-state index < -0.39 is 17.6 Å². The molecule has 1 aliphatic rings. The number of alkyl halides is 3. The van der Waals surface area contributed by atoms with E-state index in [0.717, 1.165) is 12.1 Å². The molecule has 1 fully saturated rings. The van der Waals surface area contributed by atoms with E-state index in [-0.39, 0.29) is 30.6 Å². The van der Waals surface area contributed by atoms with Crippen LogP contribution in [0.2, 0.25) is 0 Å². The molecule has 5 N–H and O–H groups in total. The van der Waals surface area contributed by atoms with Gasteiger partial charge in [0.2, 0.25) is 5.91 Å². The molecule has 0 saturated carbocycles. The summed E-state index contributed by atoms with van der Waals surface area (Å²) in [6.45, 7) is 0.533. The van der Waals surface area contributed by atoms with Gasteiger partial charge in [-0.05, 0) is 18.6 Å². The van der Waals surface area contributed by atoms with Gasteiger partial charge in [0.15, 0.2) is 0 Å². The van der Waals surface area contributed by atoms with Crippen LogP contribution in [0.4, 0.5) is 17.6 Å². The fourth-order valence-electron chi connectivity index (χ4n) is 2.40. The molecule has 1 amide bonds. The lowest BCUT2D eigenvalue weighted by atomic mass is 10.1. The molecule has 0 radical (unpaired) electrons. The summed E-state index contributed by atoms with van der Waals surface area (Å²) >= 11 is 0. The molecule has 0 aliphatic carbocycles. The molecule has 6 nitrogen and oxygen atoms in total. The fraction of sp³-hybridized carbons (Fsp3) is 0.438. The third-order valence-electron chi connectivity index (χ3n) is 4.05. The zero-order chi connectivity index (χ0) is 19.3. The van der Waals surface area contributed by atoms with E-state index in [1.165, 1.54) is 6.20 Å². The zero-order valence-corrected chi connectivity index (χ0v) is 13.9. The number of nitrogens with zero attached hydrogens (tertiary/aromatic N) is 1. The monoisotopic (exact) mass is 376 g/mol. The first-order valence-electron chi connectivity index (χ1n) is 7.87. The highest BCUT2D eigenvalue weighted by molar-refractivity contribution is 5.77. The summed E-state index contributed by atoms with van der Waals surface area (Å²) < 4.78 is 56.7. The van der Waals surface area contributed by atoms with Crippen molar-refractivity contribution in [2.24, 2.45) is 11.6 Å². The molecule has 1 aromatic carbocycles. The molecular formula is C16H20F4N4O2. The molecule has 2 rings (SSSR count). The van der Waals surface area contributed by atoms with E-state index in [1.807, 2.05) is 0 Å². The van der Waals surface area contributed by atoms with Gasteiger partial charge in [0.05, 0.1) is 18.3 Å². The summed E-state index contributed by atoms with van der Waals surface area (Å²) in [5.41, 5.74) is 7.23. The van der Waals surface area contributed by atoms with E-state index >= 15 is 0 Å². The van der Waals surface area contributed by atoms with E-state index in [1.54, 1.807) is 4.90 Å². The number of amides is 1. The molecule has 0 spiro atoms.